The second-order valence-electron chi connectivity index (χ2n) is 7.82. The van der Waals surface area contributed by atoms with Crippen molar-refractivity contribution < 1.29 is 9.59 Å². The smallest absolute Gasteiger partial charge is 0.226 e. The van der Waals surface area contributed by atoms with Gasteiger partial charge in [0.25, 0.3) is 0 Å². The van der Waals surface area contributed by atoms with Gasteiger partial charge in [-0.15, -0.1) is 0 Å². The van der Waals surface area contributed by atoms with Crippen LogP contribution >= 0.6 is 0 Å². The molecule has 0 saturated carbocycles. The highest BCUT2D eigenvalue weighted by Gasteiger charge is 2.15. The number of nitrogens with one attached hydrogen (secondary N) is 1. The van der Waals surface area contributed by atoms with Crippen LogP contribution < -0.4 is 10.2 Å². The van der Waals surface area contributed by atoms with E-state index in [2.05, 4.69) is 48.1 Å². The zero-order valence-electron chi connectivity index (χ0n) is 17.2. The number of anilines is 2. The predicted molar refractivity (Wildman–Crippen MR) is 111 cm³/mol. The molecule has 1 aliphatic heterocycles. The molecule has 1 saturated heterocycles. The molecule has 0 unspecified atom stereocenters. The SMILES string of the molecule is CC(=O)N(CCC(=O)Nc1ccc(N2CCN(C)CC2)cc1)CCC(C)C. The van der Waals surface area contributed by atoms with Crippen LogP contribution in [0.1, 0.15) is 33.6 Å². The first-order valence-electron chi connectivity index (χ1n) is 9.94. The molecule has 1 aliphatic rings. The summed E-state index contributed by atoms with van der Waals surface area (Å²) in [6.45, 7) is 11.2. The number of hydrogen-bond donors (Lipinski definition) is 1. The summed E-state index contributed by atoms with van der Waals surface area (Å²) in [6, 6.07) is 8.02. The summed E-state index contributed by atoms with van der Waals surface area (Å²) in [6.07, 6.45) is 1.27. The third-order valence-corrected chi connectivity index (χ3v) is 5.05. The molecule has 6 heteroatoms. The van der Waals surface area contributed by atoms with Crippen molar-refractivity contribution in [3.05, 3.63) is 24.3 Å². The van der Waals surface area contributed by atoms with E-state index in [1.165, 1.54) is 5.69 Å². The molecule has 1 aromatic carbocycles. The highest BCUT2D eigenvalue weighted by molar-refractivity contribution is 5.91. The summed E-state index contributed by atoms with van der Waals surface area (Å²) >= 11 is 0. The van der Waals surface area contributed by atoms with Crippen LogP contribution in [0, 0.1) is 5.92 Å². The van der Waals surface area contributed by atoms with Gasteiger partial charge in [0, 0.05) is 64.0 Å². The van der Waals surface area contributed by atoms with Crippen LogP contribution in [0.25, 0.3) is 0 Å². The van der Waals surface area contributed by atoms with Gasteiger partial charge >= 0.3 is 0 Å². The third-order valence-electron chi connectivity index (χ3n) is 5.05. The summed E-state index contributed by atoms with van der Waals surface area (Å²) in [7, 11) is 2.14. The topological polar surface area (TPSA) is 55.9 Å². The molecule has 1 fully saturated rings. The average Bonchev–Trinajstić information content (AvgIpc) is 2.62. The first kappa shape index (κ1) is 21.2. The van der Waals surface area contributed by atoms with E-state index < -0.39 is 0 Å². The van der Waals surface area contributed by atoms with Crippen molar-refractivity contribution in [2.75, 3.05) is 56.5 Å². The second-order valence-corrected chi connectivity index (χ2v) is 7.82. The van der Waals surface area contributed by atoms with E-state index in [1.807, 2.05) is 12.1 Å². The van der Waals surface area contributed by atoms with Gasteiger partial charge < -0.3 is 20.0 Å². The highest BCUT2D eigenvalue weighted by Crippen LogP contribution is 2.19. The van der Waals surface area contributed by atoms with Crippen LogP contribution in [0.15, 0.2) is 24.3 Å². The Morgan fingerprint density at radius 2 is 1.70 bits per heavy atom. The normalized spacial score (nSPS) is 15.1. The van der Waals surface area contributed by atoms with E-state index in [9.17, 15) is 9.59 Å². The van der Waals surface area contributed by atoms with Crippen LogP contribution in [-0.4, -0.2) is 67.9 Å². The maximum absolute atomic E-state index is 12.2. The monoisotopic (exact) mass is 374 g/mol. The minimum absolute atomic E-state index is 0.0278. The average molecular weight is 375 g/mol. The second kappa shape index (κ2) is 10.3. The van der Waals surface area contributed by atoms with E-state index in [0.29, 0.717) is 25.4 Å². The highest BCUT2D eigenvalue weighted by atomic mass is 16.2. The Morgan fingerprint density at radius 3 is 2.26 bits per heavy atom. The fraction of sp³-hybridized carbons (Fsp3) is 0.619. The zero-order chi connectivity index (χ0) is 19.8. The van der Waals surface area contributed by atoms with Crippen molar-refractivity contribution in [2.45, 2.75) is 33.6 Å². The van der Waals surface area contributed by atoms with Crippen LogP contribution in [-0.2, 0) is 9.59 Å². The Labute approximate surface area is 163 Å². The number of carbonyl (C=O) groups excluding carboxylic acids is 2. The summed E-state index contributed by atoms with van der Waals surface area (Å²) in [5.74, 6) is 0.512. The standard InChI is InChI=1S/C21H34N4O2/c1-17(2)9-11-24(18(3)26)12-10-21(27)22-19-5-7-20(8-6-19)25-15-13-23(4)14-16-25/h5-8,17H,9-16H2,1-4H3,(H,22,27). The van der Waals surface area contributed by atoms with Gasteiger partial charge in [0.2, 0.25) is 11.8 Å². The van der Waals surface area contributed by atoms with Crippen molar-refractivity contribution in [1.29, 1.82) is 0 Å². The number of rotatable bonds is 8. The molecule has 27 heavy (non-hydrogen) atoms. The molecule has 150 valence electrons. The number of piperazine rings is 1. The van der Waals surface area contributed by atoms with E-state index in [-0.39, 0.29) is 11.8 Å². The molecule has 6 nitrogen and oxygen atoms in total. The molecule has 0 spiro atoms. The molecule has 1 aromatic rings. The first-order chi connectivity index (χ1) is 12.8. The van der Waals surface area contributed by atoms with Crippen LogP contribution in [0.2, 0.25) is 0 Å². The quantitative estimate of drug-likeness (QED) is 0.760. The van der Waals surface area contributed by atoms with Gasteiger partial charge in [0.1, 0.15) is 0 Å². The minimum atomic E-state index is -0.0573. The van der Waals surface area contributed by atoms with Crippen molar-refractivity contribution in [2.24, 2.45) is 5.92 Å². The van der Waals surface area contributed by atoms with Gasteiger partial charge in [-0.2, -0.15) is 0 Å². The Morgan fingerprint density at radius 1 is 1.07 bits per heavy atom. The van der Waals surface area contributed by atoms with E-state index in [4.69, 9.17) is 0 Å². The molecular weight excluding hydrogens is 340 g/mol. The van der Waals surface area contributed by atoms with Gasteiger partial charge in [0.05, 0.1) is 0 Å². The lowest BCUT2D eigenvalue weighted by Gasteiger charge is -2.34. The fourth-order valence-corrected chi connectivity index (χ4v) is 3.12. The van der Waals surface area contributed by atoms with Gasteiger partial charge in [-0.1, -0.05) is 13.8 Å². The molecule has 2 rings (SSSR count). The Bertz CT molecular complexity index is 607. The van der Waals surface area contributed by atoms with Crippen molar-refractivity contribution in [3.8, 4) is 0 Å². The molecule has 0 atom stereocenters. The largest absolute Gasteiger partial charge is 0.369 e. The summed E-state index contributed by atoms with van der Waals surface area (Å²) in [5, 5.41) is 2.93. The molecule has 2 amide bonds. The number of amides is 2. The van der Waals surface area contributed by atoms with E-state index >= 15 is 0 Å². The van der Waals surface area contributed by atoms with Gasteiger partial charge in [-0.25, -0.2) is 0 Å². The molecule has 0 bridgehead atoms. The summed E-state index contributed by atoms with van der Waals surface area (Å²) < 4.78 is 0. The Balaban J connectivity index is 1.80. The van der Waals surface area contributed by atoms with Crippen LogP contribution in [0.5, 0.6) is 0 Å². The lowest BCUT2D eigenvalue weighted by Crippen LogP contribution is -2.44. The first-order valence-corrected chi connectivity index (χ1v) is 9.94. The minimum Gasteiger partial charge on any atom is -0.369 e. The predicted octanol–water partition coefficient (Wildman–Crippen LogP) is 2.66. The van der Waals surface area contributed by atoms with Crippen LogP contribution in [0.3, 0.4) is 0 Å². The van der Waals surface area contributed by atoms with Gasteiger partial charge in [-0.05, 0) is 43.7 Å². The molecule has 1 heterocycles. The van der Waals surface area contributed by atoms with Crippen molar-refractivity contribution >= 4 is 23.2 Å². The lowest BCUT2D eigenvalue weighted by atomic mass is 10.1. The van der Waals surface area contributed by atoms with Crippen molar-refractivity contribution in [3.63, 3.8) is 0 Å². The van der Waals surface area contributed by atoms with E-state index in [1.54, 1.807) is 11.8 Å². The zero-order valence-corrected chi connectivity index (χ0v) is 17.2. The molecular formula is C21H34N4O2. The Kier molecular flexibility index (Phi) is 8.10. The maximum Gasteiger partial charge on any atom is 0.226 e. The number of nitrogens with zero attached hydrogens (tertiary/aromatic N) is 3. The number of likely N-dealkylation sites (N-methyl/N-ethyl adjacent to an activating group) is 1. The van der Waals surface area contributed by atoms with Gasteiger partial charge in [-0.3, -0.25) is 9.59 Å². The molecule has 0 aliphatic carbocycles. The Hall–Kier alpha value is -2.08. The number of benzene rings is 1. The maximum atomic E-state index is 12.2. The lowest BCUT2D eigenvalue weighted by molar-refractivity contribution is -0.129. The number of hydrogen-bond acceptors (Lipinski definition) is 4. The van der Waals surface area contributed by atoms with E-state index in [0.717, 1.165) is 38.3 Å². The number of carbonyl (C=O) groups is 2. The van der Waals surface area contributed by atoms with Crippen molar-refractivity contribution in [1.82, 2.24) is 9.80 Å². The summed E-state index contributed by atoms with van der Waals surface area (Å²) in [4.78, 5) is 30.4. The van der Waals surface area contributed by atoms with Crippen LogP contribution in [0.4, 0.5) is 11.4 Å². The third kappa shape index (κ3) is 7.21. The molecule has 0 aromatic heterocycles. The molecule has 0 radical (unpaired) electrons. The molecule has 1 N–H and O–H groups in total. The fourth-order valence-electron chi connectivity index (χ4n) is 3.12. The van der Waals surface area contributed by atoms with Gasteiger partial charge in [0.15, 0.2) is 0 Å². The summed E-state index contributed by atoms with van der Waals surface area (Å²) in [5.41, 5.74) is 1.99.